The molecule has 0 bridgehead atoms. The number of benzene rings is 2. The topological polar surface area (TPSA) is 95.6 Å². The first-order chi connectivity index (χ1) is 14.4. The second-order valence-electron chi connectivity index (χ2n) is 7.05. The van der Waals surface area contributed by atoms with Gasteiger partial charge < -0.3 is 10.6 Å². The first-order valence-electron chi connectivity index (χ1n) is 9.77. The van der Waals surface area contributed by atoms with E-state index >= 15 is 0 Å². The van der Waals surface area contributed by atoms with Crippen molar-refractivity contribution in [2.75, 3.05) is 25.0 Å². The van der Waals surface area contributed by atoms with Gasteiger partial charge >= 0.3 is 0 Å². The number of carbonyl (C=O) groups excluding carboxylic acids is 2. The Labute approximate surface area is 176 Å². The quantitative estimate of drug-likeness (QED) is 0.664. The third kappa shape index (κ3) is 4.95. The van der Waals surface area contributed by atoms with Gasteiger partial charge in [-0.15, -0.1) is 6.58 Å². The molecule has 1 aliphatic rings. The number of piperidine rings is 1. The number of hydrogen-bond acceptors (Lipinski definition) is 4. The number of para-hydroxylation sites is 1. The van der Waals surface area contributed by atoms with E-state index in [2.05, 4.69) is 17.2 Å². The van der Waals surface area contributed by atoms with Gasteiger partial charge in [-0.25, -0.2) is 8.42 Å². The monoisotopic (exact) mass is 427 g/mol. The minimum Gasteiger partial charge on any atom is -0.349 e. The van der Waals surface area contributed by atoms with Crippen LogP contribution in [-0.4, -0.2) is 44.2 Å². The van der Waals surface area contributed by atoms with E-state index in [0.717, 1.165) is 0 Å². The van der Waals surface area contributed by atoms with E-state index in [9.17, 15) is 18.0 Å². The van der Waals surface area contributed by atoms with E-state index in [-0.39, 0.29) is 23.3 Å². The molecule has 7 nitrogen and oxygen atoms in total. The summed E-state index contributed by atoms with van der Waals surface area (Å²) in [5.74, 6) is -1.11. The molecule has 1 saturated heterocycles. The summed E-state index contributed by atoms with van der Waals surface area (Å²) < 4.78 is 27.1. The molecule has 0 saturated carbocycles. The Balaban J connectivity index is 1.72. The average Bonchev–Trinajstić information content (AvgIpc) is 2.78. The number of hydrogen-bond donors (Lipinski definition) is 2. The van der Waals surface area contributed by atoms with Crippen molar-refractivity contribution >= 4 is 27.5 Å². The predicted octanol–water partition coefficient (Wildman–Crippen LogP) is 2.64. The largest absolute Gasteiger partial charge is 0.349 e. The molecule has 1 heterocycles. The molecule has 0 spiro atoms. The van der Waals surface area contributed by atoms with Gasteiger partial charge in [-0.2, -0.15) is 4.31 Å². The van der Waals surface area contributed by atoms with Crippen LogP contribution in [0.15, 0.2) is 72.1 Å². The molecule has 1 aliphatic heterocycles. The number of amides is 2. The first-order valence-corrected chi connectivity index (χ1v) is 11.2. The van der Waals surface area contributed by atoms with E-state index in [0.29, 0.717) is 37.2 Å². The second-order valence-corrected chi connectivity index (χ2v) is 8.99. The van der Waals surface area contributed by atoms with Gasteiger partial charge in [-0.05, 0) is 37.1 Å². The molecule has 8 heteroatoms. The maximum absolute atomic E-state index is 12.9. The van der Waals surface area contributed by atoms with Crippen molar-refractivity contribution in [3.8, 4) is 0 Å². The summed E-state index contributed by atoms with van der Waals surface area (Å²) in [7, 11) is -3.65. The fourth-order valence-electron chi connectivity index (χ4n) is 3.40. The van der Waals surface area contributed by atoms with Crippen molar-refractivity contribution in [1.29, 1.82) is 0 Å². The Bertz CT molecular complexity index is 1020. The van der Waals surface area contributed by atoms with Gasteiger partial charge in [0.2, 0.25) is 15.9 Å². The molecule has 0 radical (unpaired) electrons. The Kier molecular flexibility index (Phi) is 7.02. The van der Waals surface area contributed by atoms with E-state index < -0.39 is 15.9 Å². The van der Waals surface area contributed by atoms with Gasteiger partial charge in [-0.3, -0.25) is 9.59 Å². The van der Waals surface area contributed by atoms with Crippen LogP contribution in [0.3, 0.4) is 0 Å². The van der Waals surface area contributed by atoms with Crippen LogP contribution in [0.1, 0.15) is 23.2 Å². The molecule has 1 unspecified atom stereocenters. The molecule has 1 atom stereocenters. The standard InChI is InChI=1S/C22H25N3O4S/c1-2-14-23-22(27)19-12-6-7-13-20(19)24-21(26)17-9-8-15-25(16-17)30(28,29)18-10-4-3-5-11-18/h2-7,10-13,17H,1,8-9,14-16H2,(H,23,27)(H,24,26). The summed E-state index contributed by atoms with van der Waals surface area (Å²) >= 11 is 0. The minimum atomic E-state index is -3.65. The van der Waals surface area contributed by atoms with Crippen LogP contribution in [0.4, 0.5) is 5.69 Å². The molecule has 0 aliphatic carbocycles. The minimum absolute atomic E-state index is 0.105. The molecule has 2 aromatic rings. The van der Waals surface area contributed by atoms with Gasteiger partial charge in [0, 0.05) is 19.6 Å². The number of nitrogens with zero attached hydrogens (tertiary/aromatic N) is 1. The van der Waals surface area contributed by atoms with Crippen molar-refractivity contribution in [2.24, 2.45) is 5.92 Å². The summed E-state index contributed by atoms with van der Waals surface area (Å²) in [6.45, 7) is 4.37. The molecule has 2 N–H and O–H groups in total. The number of carbonyl (C=O) groups is 2. The highest BCUT2D eigenvalue weighted by Gasteiger charge is 2.33. The normalized spacial score (nSPS) is 17.1. The molecule has 2 aromatic carbocycles. The van der Waals surface area contributed by atoms with Crippen molar-refractivity contribution in [1.82, 2.24) is 9.62 Å². The third-order valence-electron chi connectivity index (χ3n) is 4.97. The van der Waals surface area contributed by atoms with Gasteiger partial charge in [0.15, 0.2) is 0 Å². The predicted molar refractivity (Wildman–Crippen MR) is 116 cm³/mol. The van der Waals surface area contributed by atoms with Crippen LogP contribution >= 0.6 is 0 Å². The molecule has 3 rings (SSSR count). The molecule has 1 fully saturated rings. The first kappa shape index (κ1) is 21.7. The Morgan fingerprint density at radius 1 is 1.10 bits per heavy atom. The zero-order chi connectivity index (χ0) is 21.6. The molecule has 0 aromatic heterocycles. The van der Waals surface area contributed by atoms with E-state index in [4.69, 9.17) is 0 Å². The lowest BCUT2D eigenvalue weighted by Gasteiger charge is -2.31. The molecular formula is C22H25N3O4S. The van der Waals surface area contributed by atoms with Crippen LogP contribution in [0, 0.1) is 5.92 Å². The summed E-state index contributed by atoms with van der Waals surface area (Å²) in [4.78, 5) is 25.4. The Morgan fingerprint density at radius 2 is 1.80 bits per heavy atom. The highest BCUT2D eigenvalue weighted by Crippen LogP contribution is 2.25. The van der Waals surface area contributed by atoms with Gasteiger partial charge in [0.25, 0.3) is 5.91 Å². The number of anilines is 1. The molecule has 2 amide bonds. The summed E-state index contributed by atoms with van der Waals surface area (Å²) in [6, 6.07) is 14.9. The Hall–Kier alpha value is -2.97. The van der Waals surface area contributed by atoms with Crippen molar-refractivity contribution < 1.29 is 18.0 Å². The molecule has 30 heavy (non-hydrogen) atoms. The van der Waals surface area contributed by atoms with Crippen LogP contribution < -0.4 is 10.6 Å². The van der Waals surface area contributed by atoms with Crippen LogP contribution in [0.2, 0.25) is 0 Å². The van der Waals surface area contributed by atoms with E-state index in [1.165, 1.54) is 4.31 Å². The van der Waals surface area contributed by atoms with Gasteiger partial charge in [0.1, 0.15) is 0 Å². The maximum Gasteiger partial charge on any atom is 0.253 e. The van der Waals surface area contributed by atoms with Crippen molar-refractivity contribution in [3.05, 3.63) is 72.8 Å². The number of rotatable bonds is 7. The molecule has 158 valence electrons. The van der Waals surface area contributed by atoms with E-state index in [1.807, 2.05) is 0 Å². The Morgan fingerprint density at radius 3 is 2.53 bits per heavy atom. The van der Waals surface area contributed by atoms with E-state index in [1.54, 1.807) is 60.7 Å². The second kappa shape index (κ2) is 9.69. The zero-order valence-electron chi connectivity index (χ0n) is 16.6. The lowest BCUT2D eigenvalue weighted by molar-refractivity contribution is -0.120. The fraction of sp³-hybridized carbons (Fsp3) is 0.273. The smallest absolute Gasteiger partial charge is 0.253 e. The summed E-state index contributed by atoms with van der Waals surface area (Å²) in [6.07, 6.45) is 2.74. The summed E-state index contributed by atoms with van der Waals surface area (Å²) in [5, 5.41) is 5.49. The fourth-order valence-corrected chi connectivity index (χ4v) is 4.95. The van der Waals surface area contributed by atoms with Gasteiger partial charge in [-0.1, -0.05) is 36.4 Å². The zero-order valence-corrected chi connectivity index (χ0v) is 17.4. The van der Waals surface area contributed by atoms with Crippen LogP contribution in [0.25, 0.3) is 0 Å². The van der Waals surface area contributed by atoms with Crippen LogP contribution in [-0.2, 0) is 14.8 Å². The highest BCUT2D eigenvalue weighted by atomic mass is 32.2. The lowest BCUT2D eigenvalue weighted by atomic mass is 9.98. The SMILES string of the molecule is C=CCNC(=O)c1ccccc1NC(=O)C1CCCN(S(=O)(=O)c2ccccc2)C1. The molecular weight excluding hydrogens is 402 g/mol. The number of nitrogens with one attached hydrogen (secondary N) is 2. The summed E-state index contributed by atoms with van der Waals surface area (Å²) in [5.41, 5.74) is 0.740. The average molecular weight is 428 g/mol. The van der Waals surface area contributed by atoms with Crippen molar-refractivity contribution in [2.45, 2.75) is 17.7 Å². The van der Waals surface area contributed by atoms with Crippen LogP contribution in [0.5, 0.6) is 0 Å². The van der Waals surface area contributed by atoms with Crippen molar-refractivity contribution in [3.63, 3.8) is 0 Å². The number of sulfonamides is 1. The van der Waals surface area contributed by atoms with Gasteiger partial charge in [0.05, 0.1) is 22.1 Å². The lowest BCUT2D eigenvalue weighted by Crippen LogP contribution is -2.43. The highest BCUT2D eigenvalue weighted by molar-refractivity contribution is 7.89. The maximum atomic E-state index is 12.9. The third-order valence-corrected chi connectivity index (χ3v) is 6.85.